The van der Waals surface area contributed by atoms with Crippen LogP contribution in [0.1, 0.15) is 27.0 Å². The van der Waals surface area contributed by atoms with Crippen molar-refractivity contribution in [2.24, 2.45) is 5.10 Å². The summed E-state index contributed by atoms with van der Waals surface area (Å²) in [6.07, 6.45) is 1.58. The molecule has 3 rings (SSSR count). The van der Waals surface area contributed by atoms with Crippen LogP contribution in [0.25, 0.3) is 0 Å². The second kappa shape index (κ2) is 9.37. The maximum atomic E-state index is 12.3. The van der Waals surface area contributed by atoms with Crippen LogP contribution in [0.3, 0.4) is 0 Å². The van der Waals surface area contributed by atoms with E-state index in [2.05, 4.69) is 10.5 Å². The molecule has 0 fully saturated rings. The number of carbonyl (C=O) groups is 1. The van der Waals surface area contributed by atoms with Gasteiger partial charge in [0.25, 0.3) is 5.91 Å². The highest BCUT2D eigenvalue weighted by Gasteiger charge is 2.11. The van der Waals surface area contributed by atoms with E-state index >= 15 is 0 Å². The molecule has 0 atom stereocenters. The number of benzene rings is 3. The highest BCUT2D eigenvalue weighted by Crippen LogP contribution is 2.19. The normalized spacial score (nSPS) is 10.6. The topological polar surface area (TPSA) is 59.9 Å². The number of nitrogens with one attached hydrogen (secondary N) is 1. The Labute approximate surface area is 164 Å². The van der Waals surface area contributed by atoms with Crippen molar-refractivity contribution in [3.63, 3.8) is 0 Å². The lowest BCUT2D eigenvalue weighted by atomic mass is 10.1. The fourth-order valence-corrected chi connectivity index (χ4v) is 2.60. The zero-order chi connectivity index (χ0) is 19.8. The molecular formula is C23H22N2O3. The summed E-state index contributed by atoms with van der Waals surface area (Å²) in [7, 11) is 1.54. The SMILES string of the molecule is COc1cc(C)ccc1C(=O)N/N=C\c1ccc(OCc2ccccc2)cc1. The van der Waals surface area contributed by atoms with E-state index in [4.69, 9.17) is 9.47 Å². The van der Waals surface area contributed by atoms with Crippen molar-refractivity contribution in [2.75, 3.05) is 7.11 Å². The molecule has 142 valence electrons. The predicted molar refractivity (Wildman–Crippen MR) is 110 cm³/mol. The molecule has 0 saturated heterocycles. The molecule has 0 aliphatic carbocycles. The van der Waals surface area contributed by atoms with Gasteiger partial charge in [-0.3, -0.25) is 4.79 Å². The fourth-order valence-electron chi connectivity index (χ4n) is 2.60. The number of methoxy groups -OCH3 is 1. The van der Waals surface area contributed by atoms with Gasteiger partial charge in [-0.15, -0.1) is 0 Å². The van der Waals surface area contributed by atoms with Crippen LogP contribution in [0, 0.1) is 6.92 Å². The molecule has 28 heavy (non-hydrogen) atoms. The minimum absolute atomic E-state index is 0.323. The molecule has 0 aromatic heterocycles. The molecule has 1 N–H and O–H groups in total. The standard InChI is InChI=1S/C23H22N2O3/c1-17-8-13-21(22(14-17)27-2)23(26)25-24-15-18-9-11-20(12-10-18)28-16-19-6-4-3-5-7-19/h3-15H,16H2,1-2H3,(H,25,26)/b24-15-. The Morgan fingerprint density at radius 1 is 1.04 bits per heavy atom. The Bertz CT molecular complexity index is 951. The van der Waals surface area contributed by atoms with E-state index in [1.807, 2.05) is 73.7 Å². The zero-order valence-electron chi connectivity index (χ0n) is 15.9. The van der Waals surface area contributed by atoms with Crippen molar-refractivity contribution < 1.29 is 14.3 Å². The number of carbonyl (C=O) groups excluding carboxylic acids is 1. The highest BCUT2D eigenvalue weighted by molar-refractivity contribution is 5.97. The molecule has 0 aliphatic rings. The Kier molecular flexibility index (Phi) is 6.41. The van der Waals surface area contributed by atoms with Crippen LogP contribution >= 0.6 is 0 Å². The number of aryl methyl sites for hydroxylation is 1. The largest absolute Gasteiger partial charge is 0.496 e. The number of hydrogen-bond acceptors (Lipinski definition) is 4. The van der Waals surface area contributed by atoms with Gasteiger partial charge in [-0.2, -0.15) is 5.10 Å². The Balaban J connectivity index is 1.55. The molecule has 0 bridgehead atoms. The van der Waals surface area contributed by atoms with E-state index in [0.29, 0.717) is 17.9 Å². The van der Waals surface area contributed by atoms with Crippen LogP contribution in [0.4, 0.5) is 0 Å². The summed E-state index contributed by atoms with van der Waals surface area (Å²) in [6.45, 7) is 2.46. The summed E-state index contributed by atoms with van der Waals surface area (Å²) in [4.78, 5) is 12.3. The first-order valence-corrected chi connectivity index (χ1v) is 8.90. The summed E-state index contributed by atoms with van der Waals surface area (Å²) >= 11 is 0. The van der Waals surface area contributed by atoms with Crippen molar-refractivity contribution in [3.05, 3.63) is 95.1 Å². The summed E-state index contributed by atoms with van der Waals surface area (Å²) in [5.41, 5.74) is 5.95. The molecule has 5 heteroatoms. The van der Waals surface area contributed by atoms with Gasteiger partial charge in [-0.1, -0.05) is 36.4 Å². The number of ether oxygens (including phenoxy) is 2. The van der Waals surface area contributed by atoms with Gasteiger partial charge >= 0.3 is 0 Å². The summed E-state index contributed by atoms with van der Waals surface area (Å²) in [6, 6.07) is 22.9. The first-order valence-electron chi connectivity index (χ1n) is 8.90. The maximum Gasteiger partial charge on any atom is 0.275 e. The van der Waals surface area contributed by atoms with Gasteiger partial charge < -0.3 is 9.47 Å². The summed E-state index contributed by atoms with van der Waals surface area (Å²) < 4.78 is 11.0. The summed E-state index contributed by atoms with van der Waals surface area (Å²) in [5.74, 6) is 0.970. The molecule has 5 nitrogen and oxygen atoms in total. The van der Waals surface area contributed by atoms with Gasteiger partial charge in [0.05, 0.1) is 18.9 Å². The molecule has 3 aromatic rings. The first-order chi connectivity index (χ1) is 13.7. The molecule has 0 radical (unpaired) electrons. The molecular weight excluding hydrogens is 352 g/mol. The van der Waals surface area contributed by atoms with Crippen molar-refractivity contribution in [2.45, 2.75) is 13.5 Å². The Hall–Kier alpha value is -3.60. The van der Waals surface area contributed by atoms with Crippen LogP contribution in [0.15, 0.2) is 77.9 Å². The molecule has 0 aliphatic heterocycles. The third-order valence-corrected chi connectivity index (χ3v) is 4.11. The average Bonchev–Trinajstić information content (AvgIpc) is 2.73. The average molecular weight is 374 g/mol. The molecule has 0 saturated carbocycles. The van der Waals surface area contributed by atoms with Gasteiger partial charge in [0.2, 0.25) is 0 Å². The van der Waals surface area contributed by atoms with Gasteiger partial charge in [-0.25, -0.2) is 5.43 Å². The van der Waals surface area contributed by atoms with Crippen molar-refractivity contribution in [3.8, 4) is 11.5 Å². The van der Waals surface area contributed by atoms with E-state index in [-0.39, 0.29) is 5.91 Å². The predicted octanol–water partition coefficient (Wildman–Crippen LogP) is 4.35. The maximum absolute atomic E-state index is 12.3. The van der Waals surface area contributed by atoms with Crippen molar-refractivity contribution >= 4 is 12.1 Å². The third-order valence-electron chi connectivity index (χ3n) is 4.11. The molecule has 0 heterocycles. The first kappa shape index (κ1) is 19.2. The van der Waals surface area contributed by atoms with Crippen LogP contribution in [0.5, 0.6) is 11.5 Å². The second-order valence-corrected chi connectivity index (χ2v) is 6.25. The van der Waals surface area contributed by atoms with Crippen LogP contribution in [-0.2, 0) is 6.61 Å². The highest BCUT2D eigenvalue weighted by atomic mass is 16.5. The van der Waals surface area contributed by atoms with Crippen LogP contribution < -0.4 is 14.9 Å². The summed E-state index contributed by atoms with van der Waals surface area (Å²) in [5, 5.41) is 4.02. The van der Waals surface area contributed by atoms with Gasteiger partial charge in [-0.05, 0) is 60.0 Å². The van der Waals surface area contributed by atoms with Crippen molar-refractivity contribution in [1.82, 2.24) is 5.43 Å². The zero-order valence-corrected chi connectivity index (χ0v) is 15.9. The molecule has 0 unspecified atom stereocenters. The van der Waals surface area contributed by atoms with E-state index < -0.39 is 0 Å². The fraction of sp³-hybridized carbons (Fsp3) is 0.130. The van der Waals surface area contributed by atoms with Crippen LogP contribution in [0.2, 0.25) is 0 Å². The van der Waals surface area contributed by atoms with E-state index in [9.17, 15) is 4.79 Å². The van der Waals surface area contributed by atoms with Crippen LogP contribution in [-0.4, -0.2) is 19.2 Å². The third kappa shape index (κ3) is 5.20. The molecule has 3 aromatic carbocycles. The minimum atomic E-state index is -0.323. The number of rotatable bonds is 7. The smallest absolute Gasteiger partial charge is 0.275 e. The van der Waals surface area contributed by atoms with E-state index in [1.54, 1.807) is 12.3 Å². The lowest BCUT2D eigenvalue weighted by molar-refractivity contribution is 0.0952. The van der Waals surface area contributed by atoms with Gasteiger partial charge in [0.15, 0.2) is 0 Å². The molecule has 0 spiro atoms. The number of hydrogen-bond donors (Lipinski definition) is 1. The number of amides is 1. The lowest BCUT2D eigenvalue weighted by Crippen LogP contribution is -2.18. The number of nitrogens with zero attached hydrogens (tertiary/aromatic N) is 1. The van der Waals surface area contributed by atoms with Crippen molar-refractivity contribution in [1.29, 1.82) is 0 Å². The molecule has 1 amide bonds. The van der Waals surface area contributed by atoms with Gasteiger partial charge in [0, 0.05) is 0 Å². The lowest BCUT2D eigenvalue weighted by Gasteiger charge is -2.08. The second-order valence-electron chi connectivity index (χ2n) is 6.25. The van der Waals surface area contributed by atoms with E-state index in [1.165, 1.54) is 7.11 Å². The van der Waals surface area contributed by atoms with Gasteiger partial charge in [0.1, 0.15) is 18.1 Å². The Morgan fingerprint density at radius 3 is 2.50 bits per heavy atom. The number of hydrazone groups is 1. The monoisotopic (exact) mass is 374 g/mol. The van der Waals surface area contributed by atoms with E-state index in [0.717, 1.165) is 22.4 Å². The Morgan fingerprint density at radius 2 is 1.79 bits per heavy atom. The minimum Gasteiger partial charge on any atom is -0.496 e. The quantitative estimate of drug-likeness (QED) is 0.494.